The second-order valence-corrected chi connectivity index (χ2v) is 15.3. The van der Waals surface area contributed by atoms with Crippen LogP contribution in [0.2, 0.25) is 0 Å². The molecule has 12 nitrogen and oxygen atoms in total. The number of anilines is 2. The minimum atomic E-state index is -0.329. The van der Waals surface area contributed by atoms with Crippen LogP contribution in [-0.2, 0) is 28.0 Å². The summed E-state index contributed by atoms with van der Waals surface area (Å²) in [5.41, 5.74) is 5.84. The number of methoxy groups -OCH3 is 4. The van der Waals surface area contributed by atoms with Crippen LogP contribution in [0.4, 0.5) is 11.5 Å². The number of aromatic nitrogens is 1. The summed E-state index contributed by atoms with van der Waals surface area (Å²) in [6.07, 6.45) is 6.02. The number of carbonyl (C=O) groups is 2. The van der Waals surface area contributed by atoms with E-state index in [1.807, 2.05) is 12.1 Å². The molecule has 4 atom stereocenters. The molecule has 2 aromatic carbocycles. The number of nitrogens with one attached hydrogen (secondary N) is 1. The van der Waals surface area contributed by atoms with Crippen LogP contribution in [0.5, 0.6) is 23.0 Å². The lowest BCUT2D eigenvalue weighted by molar-refractivity contribution is -0.142. The first-order valence-corrected chi connectivity index (χ1v) is 20.0. The number of hydrogen-bond donors (Lipinski definition) is 1. The van der Waals surface area contributed by atoms with Gasteiger partial charge in [-0.2, -0.15) is 0 Å². The second-order valence-electron chi connectivity index (χ2n) is 15.3. The van der Waals surface area contributed by atoms with Crippen molar-refractivity contribution in [3.8, 4) is 23.0 Å². The maximum Gasteiger partial charge on any atom is 0.225 e. The molecule has 1 unspecified atom stereocenters. The van der Waals surface area contributed by atoms with Gasteiger partial charge in [0.2, 0.25) is 11.8 Å². The molecule has 2 fully saturated rings. The summed E-state index contributed by atoms with van der Waals surface area (Å²) in [4.78, 5) is 40.4. The number of amides is 2. The number of carbonyl (C=O) groups excluding carboxylic acids is 2. The number of fused-ring (bicyclic) bond motifs is 3. The van der Waals surface area contributed by atoms with Crippen LogP contribution < -0.4 is 29.2 Å². The zero-order chi connectivity index (χ0) is 38.9. The molecular weight excluding hydrogens is 697 g/mol. The number of pyridine rings is 1. The first-order valence-electron chi connectivity index (χ1n) is 20.0. The molecule has 296 valence electrons. The van der Waals surface area contributed by atoms with Crippen molar-refractivity contribution >= 4 is 23.3 Å². The molecule has 3 aliphatic heterocycles. The van der Waals surface area contributed by atoms with Crippen molar-refractivity contribution in [1.82, 2.24) is 19.7 Å². The number of benzene rings is 2. The molecule has 1 N–H and O–H groups in total. The predicted octanol–water partition coefficient (Wildman–Crippen LogP) is 5.53. The Hall–Kier alpha value is -4.55. The van der Waals surface area contributed by atoms with Gasteiger partial charge in [0.05, 0.1) is 34.0 Å². The first-order chi connectivity index (χ1) is 26.7. The lowest BCUT2D eigenvalue weighted by Crippen LogP contribution is -2.61. The van der Waals surface area contributed by atoms with E-state index in [0.717, 1.165) is 100 Å². The normalized spacial score (nSPS) is 24.2. The molecule has 55 heavy (non-hydrogen) atoms. The summed E-state index contributed by atoms with van der Waals surface area (Å²) in [6, 6.07) is 12.7. The van der Waals surface area contributed by atoms with Crippen molar-refractivity contribution in [3.05, 3.63) is 64.8 Å². The van der Waals surface area contributed by atoms with E-state index in [9.17, 15) is 9.59 Å². The summed E-state index contributed by atoms with van der Waals surface area (Å²) < 4.78 is 23.5. The van der Waals surface area contributed by atoms with Crippen molar-refractivity contribution in [3.63, 3.8) is 0 Å². The van der Waals surface area contributed by atoms with Crippen molar-refractivity contribution in [2.75, 3.05) is 91.0 Å². The minimum absolute atomic E-state index is 0.0543. The average molecular weight is 755 g/mol. The van der Waals surface area contributed by atoms with E-state index in [4.69, 9.17) is 18.9 Å². The van der Waals surface area contributed by atoms with E-state index in [-0.39, 0.29) is 35.2 Å². The quantitative estimate of drug-likeness (QED) is 0.284. The van der Waals surface area contributed by atoms with E-state index in [1.54, 1.807) is 34.6 Å². The molecule has 4 aliphatic rings. The van der Waals surface area contributed by atoms with Gasteiger partial charge in [-0.15, -0.1) is 0 Å². The standard InChI is InChI=1S/C43H58N6O6/c1-8-46-16-12-29-23-36(52-4)38(54-6)26-33(29)41(46)35-22-31(42(51)48-20-18-47(19-21-48)32-11-15-44-40(25-32)45-28(3)50)10-14-43(35)34-27-39(55-7)37(53-5)24-30(34)13-17-49(43)9-2/h11,15,23-27,31,35,41H,8-10,12-14,16-22H2,1-7H3,(H,44,45,50)/t31-,35-,41?,43+/m1/s1. The maximum absolute atomic E-state index is 14.8. The minimum Gasteiger partial charge on any atom is -0.493 e. The van der Waals surface area contributed by atoms with Crippen LogP contribution in [0.15, 0.2) is 42.6 Å². The predicted molar refractivity (Wildman–Crippen MR) is 214 cm³/mol. The third-order valence-corrected chi connectivity index (χ3v) is 12.9. The van der Waals surface area contributed by atoms with Crippen molar-refractivity contribution < 1.29 is 28.5 Å². The van der Waals surface area contributed by atoms with E-state index >= 15 is 0 Å². The lowest BCUT2D eigenvalue weighted by atomic mass is 9.58. The fraction of sp³-hybridized carbons (Fsp3) is 0.558. The molecule has 7 rings (SSSR count). The summed E-state index contributed by atoms with van der Waals surface area (Å²) in [7, 11) is 6.84. The summed E-state index contributed by atoms with van der Waals surface area (Å²) >= 11 is 0. The zero-order valence-corrected chi connectivity index (χ0v) is 33.7. The van der Waals surface area contributed by atoms with Crippen LogP contribution in [-0.4, -0.2) is 112 Å². The SMILES string of the molecule is CCN1CCc2cc(OC)c(OC)cc2C1[C@H]1C[C@H](C(=O)N2CCN(c3ccnc(NC(C)=O)c3)CC2)CC[C@]12c1cc(OC)c(OC)cc1CCN2CC. The maximum atomic E-state index is 14.8. The smallest absolute Gasteiger partial charge is 0.225 e. The topological polar surface area (TPSA) is 109 Å². The van der Waals surface area contributed by atoms with Gasteiger partial charge in [0, 0.05) is 82.0 Å². The Labute approximate surface area is 326 Å². The van der Waals surface area contributed by atoms with Crippen LogP contribution in [0.3, 0.4) is 0 Å². The highest BCUT2D eigenvalue weighted by Crippen LogP contribution is 2.59. The van der Waals surface area contributed by atoms with Crippen LogP contribution in [0.1, 0.15) is 68.3 Å². The molecule has 0 bridgehead atoms. The highest BCUT2D eigenvalue weighted by molar-refractivity contribution is 5.88. The summed E-state index contributed by atoms with van der Waals surface area (Å²) in [5.74, 6) is 3.62. The molecular formula is C43H58N6O6. The number of hydrogen-bond acceptors (Lipinski definition) is 10. The summed E-state index contributed by atoms with van der Waals surface area (Å²) in [6.45, 7) is 12.4. The lowest BCUT2D eigenvalue weighted by Gasteiger charge is -2.60. The number of piperazine rings is 1. The van der Waals surface area contributed by atoms with Gasteiger partial charge in [-0.05, 0) is 97.8 Å². The van der Waals surface area contributed by atoms with Crippen LogP contribution in [0.25, 0.3) is 0 Å². The van der Waals surface area contributed by atoms with Gasteiger partial charge in [-0.3, -0.25) is 19.4 Å². The molecule has 1 saturated carbocycles. The number of likely N-dealkylation sites (N-methyl/N-ethyl adjacent to an activating group) is 2. The zero-order valence-electron chi connectivity index (χ0n) is 33.7. The van der Waals surface area contributed by atoms with Gasteiger partial charge >= 0.3 is 0 Å². The Kier molecular flexibility index (Phi) is 11.5. The first kappa shape index (κ1) is 38.7. The Morgan fingerprint density at radius 2 is 1.47 bits per heavy atom. The molecule has 4 heterocycles. The van der Waals surface area contributed by atoms with Gasteiger partial charge < -0.3 is 34.1 Å². The van der Waals surface area contributed by atoms with E-state index in [2.05, 4.69) is 68.0 Å². The monoisotopic (exact) mass is 754 g/mol. The molecule has 1 saturated heterocycles. The van der Waals surface area contributed by atoms with E-state index < -0.39 is 0 Å². The molecule has 0 radical (unpaired) electrons. The highest BCUT2D eigenvalue weighted by atomic mass is 16.5. The average Bonchev–Trinajstić information content (AvgIpc) is 3.22. The molecule has 1 aliphatic carbocycles. The van der Waals surface area contributed by atoms with Crippen LogP contribution in [0, 0.1) is 11.8 Å². The third-order valence-electron chi connectivity index (χ3n) is 12.9. The fourth-order valence-electron chi connectivity index (χ4n) is 10.3. The second kappa shape index (κ2) is 16.3. The Bertz CT molecular complexity index is 1880. The van der Waals surface area contributed by atoms with Gasteiger partial charge in [0.1, 0.15) is 5.82 Å². The molecule has 3 aromatic rings. The molecule has 1 spiro atoms. The van der Waals surface area contributed by atoms with Gasteiger partial charge in [-0.25, -0.2) is 4.98 Å². The van der Waals surface area contributed by atoms with E-state index in [0.29, 0.717) is 18.9 Å². The molecule has 1 aromatic heterocycles. The third kappa shape index (κ3) is 7.07. The largest absolute Gasteiger partial charge is 0.493 e. The highest BCUT2D eigenvalue weighted by Gasteiger charge is 2.56. The number of rotatable bonds is 10. The van der Waals surface area contributed by atoms with Gasteiger partial charge in [0.25, 0.3) is 0 Å². The summed E-state index contributed by atoms with van der Waals surface area (Å²) in [5, 5.41) is 2.79. The Morgan fingerprint density at radius 1 is 0.818 bits per heavy atom. The Morgan fingerprint density at radius 3 is 2.13 bits per heavy atom. The van der Waals surface area contributed by atoms with Crippen molar-refractivity contribution in [2.24, 2.45) is 11.8 Å². The molecule has 2 amide bonds. The van der Waals surface area contributed by atoms with Crippen molar-refractivity contribution in [1.29, 1.82) is 0 Å². The number of nitrogens with zero attached hydrogens (tertiary/aromatic N) is 5. The fourth-order valence-corrected chi connectivity index (χ4v) is 10.3. The Balaban J connectivity index is 1.27. The van der Waals surface area contributed by atoms with E-state index in [1.165, 1.54) is 29.2 Å². The number of ether oxygens (including phenoxy) is 4. The van der Waals surface area contributed by atoms with Crippen LogP contribution >= 0.6 is 0 Å². The van der Waals surface area contributed by atoms with Crippen molar-refractivity contribution in [2.45, 2.75) is 64.5 Å². The molecule has 12 heteroatoms. The van der Waals surface area contributed by atoms with Gasteiger partial charge in [0.15, 0.2) is 23.0 Å². The van der Waals surface area contributed by atoms with Gasteiger partial charge in [-0.1, -0.05) is 13.8 Å².